The first kappa shape index (κ1) is 26.2. The molecule has 0 spiro atoms. The third kappa shape index (κ3) is 4.70. The van der Waals surface area contributed by atoms with Crippen molar-refractivity contribution in [3.8, 4) is 17.2 Å². The number of nitrogens with zero attached hydrogens (tertiary/aromatic N) is 2. The molecule has 0 amide bonds. The van der Waals surface area contributed by atoms with Crippen LogP contribution < -0.4 is 24.4 Å². The van der Waals surface area contributed by atoms with Crippen molar-refractivity contribution in [3.63, 3.8) is 0 Å². The van der Waals surface area contributed by atoms with Crippen LogP contribution in [0, 0.1) is 0 Å². The van der Waals surface area contributed by atoms with Gasteiger partial charge >= 0.3 is 5.97 Å². The first-order chi connectivity index (χ1) is 18.9. The number of methoxy groups -OCH3 is 1. The van der Waals surface area contributed by atoms with Crippen molar-refractivity contribution in [1.82, 2.24) is 4.57 Å². The van der Waals surface area contributed by atoms with Crippen LogP contribution in [0.15, 0.2) is 75.7 Å². The standard InChI is InChI=1S/C30H28N2O6S/c1-5-37-23-15-18(11-13-21(23)33)16-24-28(34)32-27(25(29(35)38-6-2)17(3)31-30(32)39-24)26-20-10-8-7-9-19(20)12-14-22(26)36-4/h7-16,27,33H,5-6H2,1-4H3/b24-16+/t27-/m0/s1. The van der Waals surface area contributed by atoms with E-state index in [1.807, 2.05) is 43.3 Å². The van der Waals surface area contributed by atoms with Gasteiger partial charge in [0.05, 0.1) is 36.1 Å². The molecule has 0 radical (unpaired) electrons. The van der Waals surface area contributed by atoms with E-state index in [9.17, 15) is 14.7 Å². The number of hydrogen-bond acceptors (Lipinski definition) is 8. The zero-order valence-electron chi connectivity index (χ0n) is 22.1. The number of allylic oxidation sites excluding steroid dienone is 1. The topological polar surface area (TPSA) is 99.4 Å². The summed E-state index contributed by atoms with van der Waals surface area (Å²) in [6, 6.07) is 15.7. The molecule has 0 fully saturated rings. The fourth-order valence-electron chi connectivity index (χ4n) is 4.84. The minimum Gasteiger partial charge on any atom is -0.504 e. The minimum atomic E-state index is -0.817. The Kier molecular flexibility index (Phi) is 7.26. The second kappa shape index (κ2) is 10.8. The molecule has 0 aliphatic carbocycles. The maximum Gasteiger partial charge on any atom is 0.338 e. The zero-order chi connectivity index (χ0) is 27.7. The van der Waals surface area contributed by atoms with Crippen molar-refractivity contribution in [2.75, 3.05) is 20.3 Å². The molecule has 200 valence electrons. The molecule has 9 heteroatoms. The number of ether oxygens (including phenoxy) is 3. The molecule has 3 aromatic carbocycles. The Morgan fingerprint density at radius 1 is 1.10 bits per heavy atom. The van der Waals surface area contributed by atoms with E-state index in [2.05, 4.69) is 4.99 Å². The molecule has 1 N–H and O–H groups in total. The largest absolute Gasteiger partial charge is 0.504 e. The van der Waals surface area contributed by atoms with Crippen molar-refractivity contribution < 1.29 is 24.1 Å². The fourth-order valence-corrected chi connectivity index (χ4v) is 5.89. The van der Waals surface area contributed by atoms with Crippen molar-refractivity contribution in [3.05, 3.63) is 96.7 Å². The molecular weight excluding hydrogens is 516 g/mol. The Bertz CT molecular complexity index is 1800. The van der Waals surface area contributed by atoms with Gasteiger partial charge in [0.15, 0.2) is 16.3 Å². The van der Waals surface area contributed by atoms with Gasteiger partial charge in [-0.2, -0.15) is 0 Å². The second-order valence-electron chi connectivity index (χ2n) is 8.87. The molecule has 39 heavy (non-hydrogen) atoms. The van der Waals surface area contributed by atoms with Crippen LogP contribution in [-0.2, 0) is 9.53 Å². The minimum absolute atomic E-state index is 0.0215. The van der Waals surface area contributed by atoms with Crippen molar-refractivity contribution in [1.29, 1.82) is 0 Å². The smallest absolute Gasteiger partial charge is 0.338 e. The summed E-state index contributed by atoms with van der Waals surface area (Å²) in [6.45, 7) is 5.90. The lowest BCUT2D eigenvalue weighted by Gasteiger charge is -2.27. The van der Waals surface area contributed by atoms with E-state index in [0.717, 1.165) is 10.8 Å². The highest BCUT2D eigenvalue weighted by Crippen LogP contribution is 2.40. The molecule has 4 aromatic rings. The predicted molar refractivity (Wildman–Crippen MR) is 150 cm³/mol. The number of thiazole rings is 1. The number of carbonyl (C=O) groups is 1. The summed E-state index contributed by atoms with van der Waals surface area (Å²) in [7, 11) is 1.57. The van der Waals surface area contributed by atoms with Gasteiger partial charge in [-0.15, -0.1) is 0 Å². The van der Waals surface area contributed by atoms with Gasteiger partial charge in [0, 0.05) is 5.56 Å². The van der Waals surface area contributed by atoms with Crippen molar-refractivity contribution in [2.24, 2.45) is 4.99 Å². The van der Waals surface area contributed by atoms with E-state index in [1.165, 1.54) is 17.4 Å². The molecule has 1 aliphatic rings. The molecule has 1 aromatic heterocycles. The number of esters is 1. The van der Waals surface area contributed by atoms with Crippen LogP contribution in [0.25, 0.3) is 16.8 Å². The number of benzene rings is 3. The first-order valence-electron chi connectivity index (χ1n) is 12.6. The van der Waals surface area contributed by atoms with E-state index < -0.39 is 12.0 Å². The van der Waals surface area contributed by atoms with Crippen molar-refractivity contribution >= 4 is 34.2 Å². The number of aromatic nitrogens is 1. The van der Waals surface area contributed by atoms with Gasteiger partial charge in [0.25, 0.3) is 5.56 Å². The van der Waals surface area contributed by atoms with Crippen LogP contribution in [0.2, 0.25) is 0 Å². The van der Waals surface area contributed by atoms with E-state index in [4.69, 9.17) is 14.2 Å². The lowest BCUT2D eigenvalue weighted by Crippen LogP contribution is -2.40. The zero-order valence-corrected chi connectivity index (χ0v) is 22.9. The van der Waals surface area contributed by atoms with Crippen LogP contribution in [-0.4, -0.2) is 36.0 Å². The first-order valence-corrected chi connectivity index (χ1v) is 13.4. The highest BCUT2D eigenvalue weighted by molar-refractivity contribution is 7.07. The summed E-state index contributed by atoms with van der Waals surface area (Å²) in [4.78, 5) is 32.5. The summed E-state index contributed by atoms with van der Waals surface area (Å²) in [5.41, 5.74) is 1.82. The maximum atomic E-state index is 14.0. The monoisotopic (exact) mass is 544 g/mol. The normalized spacial score (nSPS) is 15.2. The summed E-state index contributed by atoms with van der Waals surface area (Å²) in [6.07, 6.45) is 1.73. The average Bonchev–Trinajstić information content (AvgIpc) is 3.23. The molecule has 0 saturated heterocycles. The third-order valence-corrected chi connectivity index (χ3v) is 7.51. The Balaban J connectivity index is 1.81. The van der Waals surface area contributed by atoms with Crippen LogP contribution in [0.3, 0.4) is 0 Å². The maximum absolute atomic E-state index is 14.0. The number of carbonyl (C=O) groups excluding carboxylic acids is 1. The summed E-state index contributed by atoms with van der Waals surface area (Å²) in [5.74, 6) is 0.364. The van der Waals surface area contributed by atoms with Crippen LogP contribution in [0.1, 0.15) is 37.9 Å². The quantitative estimate of drug-likeness (QED) is 0.352. The third-order valence-electron chi connectivity index (χ3n) is 6.52. The van der Waals surface area contributed by atoms with E-state index in [-0.39, 0.29) is 23.5 Å². The van der Waals surface area contributed by atoms with Crippen molar-refractivity contribution in [2.45, 2.75) is 26.8 Å². The molecule has 8 nitrogen and oxygen atoms in total. The Labute approximate surface area is 228 Å². The molecule has 1 aliphatic heterocycles. The highest BCUT2D eigenvalue weighted by atomic mass is 32.1. The lowest BCUT2D eigenvalue weighted by molar-refractivity contribution is -0.139. The van der Waals surface area contributed by atoms with Crippen LogP contribution in [0.4, 0.5) is 0 Å². The van der Waals surface area contributed by atoms with Crippen LogP contribution in [0.5, 0.6) is 17.2 Å². The highest BCUT2D eigenvalue weighted by Gasteiger charge is 2.36. The molecular formula is C30H28N2O6S. The number of phenolic OH excluding ortho intramolecular Hbond substituents is 1. The second-order valence-corrected chi connectivity index (χ2v) is 9.87. The SMILES string of the molecule is CCOC(=O)C1=C(C)N=c2s/c(=C/c3ccc(O)c(OCC)c3)c(=O)n2[C@@H]1c1c(OC)ccc2ccccc12. The molecule has 0 saturated carbocycles. The van der Waals surface area contributed by atoms with Gasteiger partial charge in [-0.25, -0.2) is 9.79 Å². The molecule has 0 unspecified atom stereocenters. The fraction of sp³-hybridized carbons (Fsp3) is 0.233. The van der Waals surface area contributed by atoms with Crippen LogP contribution >= 0.6 is 11.3 Å². The van der Waals surface area contributed by atoms with E-state index in [0.29, 0.717) is 44.3 Å². The average molecular weight is 545 g/mol. The number of phenols is 1. The Morgan fingerprint density at radius 3 is 2.64 bits per heavy atom. The molecule has 2 heterocycles. The number of aromatic hydroxyl groups is 1. The predicted octanol–water partition coefficient (Wildman–Crippen LogP) is 4.06. The van der Waals surface area contributed by atoms with E-state index in [1.54, 1.807) is 43.7 Å². The van der Waals surface area contributed by atoms with Gasteiger partial charge in [-0.3, -0.25) is 9.36 Å². The Hall–Kier alpha value is -4.37. The molecule has 5 rings (SSSR count). The van der Waals surface area contributed by atoms with E-state index >= 15 is 0 Å². The number of rotatable bonds is 7. The molecule has 0 bridgehead atoms. The Morgan fingerprint density at radius 2 is 1.90 bits per heavy atom. The molecule has 1 atom stereocenters. The summed E-state index contributed by atoms with van der Waals surface area (Å²) >= 11 is 1.23. The van der Waals surface area contributed by atoms with Gasteiger partial charge in [0.1, 0.15) is 11.8 Å². The van der Waals surface area contributed by atoms with Gasteiger partial charge < -0.3 is 19.3 Å². The number of hydrogen-bond donors (Lipinski definition) is 1. The summed E-state index contributed by atoms with van der Waals surface area (Å²) < 4.78 is 18.7. The lowest BCUT2D eigenvalue weighted by atomic mass is 9.90. The summed E-state index contributed by atoms with van der Waals surface area (Å²) in [5, 5.41) is 11.9. The van der Waals surface area contributed by atoms with Gasteiger partial charge in [-0.1, -0.05) is 47.7 Å². The van der Waals surface area contributed by atoms with Gasteiger partial charge in [-0.05, 0) is 61.4 Å². The number of fused-ring (bicyclic) bond motifs is 2. The van der Waals surface area contributed by atoms with Gasteiger partial charge in [0.2, 0.25) is 0 Å².